The molecule has 1 atom stereocenters. The molecule has 0 saturated carbocycles. The average molecular weight is 251 g/mol. The lowest BCUT2D eigenvalue weighted by molar-refractivity contribution is -0.143. The molecule has 0 radical (unpaired) electrons. The minimum absolute atomic E-state index is 0.396. The second-order valence-corrected chi connectivity index (χ2v) is 5.01. The van der Waals surface area contributed by atoms with E-state index in [0.717, 1.165) is 11.3 Å². The molecule has 1 rings (SSSR count). The largest absolute Gasteiger partial charge is 0.488 e. The molecule has 100 valence electrons. The maximum atomic E-state index is 11.3. The van der Waals surface area contributed by atoms with Crippen LogP contribution in [0.25, 0.3) is 0 Å². The predicted octanol–water partition coefficient (Wildman–Crippen LogP) is 2.04. The van der Waals surface area contributed by atoms with Crippen LogP contribution in [0.3, 0.4) is 0 Å². The molecule has 1 aromatic rings. The number of aryl methyl sites for hydroxylation is 1. The number of ether oxygens (including phenoxy) is 2. The first-order chi connectivity index (χ1) is 8.34. The topological polar surface area (TPSA) is 61.5 Å². The Morgan fingerprint density at radius 1 is 1.44 bits per heavy atom. The van der Waals surface area contributed by atoms with E-state index in [2.05, 4.69) is 4.74 Å². The van der Waals surface area contributed by atoms with Crippen LogP contribution in [-0.2, 0) is 9.53 Å². The summed E-state index contributed by atoms with van der Waals surface area (Å²) in [5.74, 6) is 0.355. The van der Waals surface area contributed by atoms with Crippen molar-refractivity contribution >= 4 is 5.97 Å². The molecule has 0 aliphatic carbocycles. The van der Waals surface area contributed by atoms with E-state index >= 15 is 0 Å². The second kappa shape index (κ2) is 5.87. The molecule has 18 heavy (non-hydrogen) atoms. The normalized spacial score (nSPS) is 12.9. The Bertz CT molecular complexity index is 415. The van der Waals surface area contributed by atoms with Crippen molar-refractivity contribution in [3.05, 3.63) is 29.8 Å². The van der Waals surface area contributed by atoms with Crippen LogP contribution in [0.4, 0.5) is 0 Å². The highest BCUT2D eigenvalue weighted by Crippen LogP contribution is 2.22. The molecule has 0 bridgehead atoms. The van der Waals surface area contributed by atoms with E-state index in [1.165, 1.54) is 7.11 Å². The van der Waals surface area contributed by atoms with Crippen LogP contribution in [0, 0.1) is 6.92 Å². The van der Waals surface area contributed by atoms with Gasteiger partial charge in [-0.1, -0.05) is 12.1 Å². The zero-order chi connectivity index (χ0) is 13.8. The van der Waals surface area contributed by atoms with Crippen LogP contribution < -0.4 is 10.5 Å². The Balaban J connectivity index is 2.67. The number of nitrogens with two attached hydrogens (primary N) is 1. The van der Waals surface area contributed by atoms with Crippen molar-refractivity contribution in [2.75, 3.05) is 7.11 Å². The minimum Gasteiger partial charge on any atom is -0.488 e. The van der Waals surface area contributed by atoms with Crippen LogP contribution in [0.5, 0.6) is 5.75 Å². The summed E-state index contributed by atoms with van der Waals surface area (Å²) >= 11 is 0. The van der Waals surface area contributed by atoms with Gasteiger partial charge in [0.2, 0.25) is 0 Å². The number of hydrogen-bond donors (Lipinski definition) is 1. The van der Waals surface area contributed by atoms with Gasteiger partial charge in [-0.25, -0.2) is 0 Å². The van der Waals surface area contributed by atoms with Crippen LogP contribution in [0.1, 0.15) is 25.8 Å². The lowest BCUT2D eigenvalue weighted by Gasteiger charge is -2.28. The molecule has 2 N–H and O–H groups in total. The third-order valence-electron chi connectivity index (χ3n) is 2.60. The highest BCUT2D eigenvalue weighted by atomic mass is 16.5. The summed E-state index contributed by atoms with van der Waals surface area (Å²) in [6.45, 7) is 5.80. The predicted molar refractivity (Wildman–Crippen MR) is 70.5 cm³/mol. The van der Waals surface area contributed by atoms with Crippen LogP contribution in [-0.4, -0.2) is 24.7 Å². The Hall–Kier alpha value is -1.55. The SMILES string of the molecule is COC(=O)C(N)CC(C)(C)Oc1cccc(C)c1. The minimum atomic E-state index is -0.671. The molecule has 0 spiro atoms. The summed E-state index contributed by atoms with van der Waals surface area (Å²) in [6.07, 6.45) is 0.396. The first-order valence-electron chi connectivity index (χ1n) is 5.93. The lowest BCUT2D eigenvalue weighted by Crippen LogP contribution is -2.41. The van der Waals surface area contributed by atoms with Gasteiger partial charge in [-0.05, 0) is 38.5 Å². The molecule has 0 amide bonds. The van der Waals surface area contributed by atoms with Gasteiger partial charge in [0.1, 0.15) is 17.4 Å². The molecule has 4 heteroatoms. The molecule has 0 heterocycles. The van der Waals surface area contributed by atoms with E-state index < -0.39 is 17.6 Å². The van der Waals surface area contributed by atoms with E-state index in [1.54, 1.807) is 0 Å². The van der Waals surface area contributed by atoms with Gasteiger partial charge in [-0.2, -0.15) is 0 Å². The third kappa shape index (κ3) is 4.37. The Kier molecular flexibility index (Phi) is 4.73. The molecule has 0 aliphatic rings. The standard InChI is InChI=1S/C14H21NO3/c1-10-6-5-7-11(8-10)18-14(2,3)9-12(15)13(16)17-4/h5-8,12H,9,15H2,1-4H3. The summed E-state index contributed by atoms with van der Waals surface area (Å²) in [5, 5.41) is 0. The molecule has 0 fully saturated rings. The highest BCUT2D eigenvalue weighted by molar-refractivity contribution is 5.75. The molecular formula is C14H21NO3. The van der Waals surface area contributed by atoms with Gasteiger partial charge in [-0.3, -0.25) is 4.79 Å². The summed E-state index contributed by atoms with van der Waals surface area (Å²) in [5.41, 5.74) is 6.34. The number of rotatable bonds is 5. The van der Waals surface area contributed by atoms with Crippen molar-refractivity contribution in [2.45, 2.75) is 38.8 Å². The van der Waals surface area contributed by atoms with Crippen LogP contribution in [0.2, 0.25) is 0 Å². The Morgan fingerprint density at radius 3 is 2.67 bits per heavy atom. The summed E-state index contributed by atoms with van der Waals surface area (Å²) in [4.78, 5) is 11.3. The molecule has 0 aromatic heterocycles. The van der Waals surface area contributed by atoms with Gasteiger partial charge in [-0.15, -0.1) is 0 Å². The maximum Gasteiger partial charge on any atom is 0.322 e. The fraction of sp³-hybridized carbons (Fsp3) is 0.500. The van der Waals surface area contributed by atoms with E-state index in [0.29, 0.717) is 6.42 Å². The lowest BCUT2D eigenvalue weighted by atomic mass is 9.99. The maximum absolute atomic E-state index is 11.3. The first-order valence-corrected chi connectivity index (χ1v) is 5.93. The first kappa shape index (κ1) is 14.5. The monoisotopic (exact) mass is 251 g/mol. The quantitative estimate of drug-likeness (QED) is 0.813. The van der Waals surface area contributed by atoms with Crippen molar-refractivity contribution in [1.82, 2.24) is 0 Å². The van der Waals surface area contributed by atoms with Gasteiger partial charge in [0.05, 0.1) is 7.11 Å². The molecule has 1 unspecified atom stereocenters. The summed E-state index contributed by atoms with van der Waals surface area (Å²) in [7, 11) is 1.33. The van der Waals surface area contributed by atoms with Crippen molar-refractivity contribution in [1.29, 1.82) is 0 Å². The van der Waals surface area contributed by atoms with E-state index in [1.807, 2.05) is 45.0 Å². The fourth-order valence-electron chi connectivity index (χ4n) is 1.80. The van der Waals surface area contributed by atoms with Gasteiger partial charge in [0.15, 0.2) is 0 Å². The molecule has 4 nitrogen and oxygen atoms in total. The summed E-state index contributed by atoms with van der Waals surface area (Å²) in [6, 6.07) is 7.10. The Labute approximate surface area is 108 Å². The van der Waals surface area contributed by atoms with Gasteiger partial charge >= 0.3 is 5.97 Å². The summed E-state index contributed by atoms with van der Waals surface area (Å²) < 4.78 is 10.5. The zero-order valence-electron chi connectivity index (χ0n) is 11.4. The van der Waals surface area contributed by atoms with Crippen molar-refractivity contribution in [2.24, 2.45) is 5.73 Å². The molecule has 1 aromatic carbocycles. The molecular weight excluding hydrogens is 230 g/mol. The van der Waals surface area contributed by atoms with Gasteiger partial charge in [0, 0.05) is 6.42 Å². The number of carbonyl (C=O) groups is 1. The van der Waals surface area contributed by atoms with Crippen LogP contribution >= 0.6 is 0 Å². The second-order valence-electron chi connectivity index (χ2n) is 5.01. The zero-order valence-corrected chi connectivity index (χ0v) is 11.4. The van der Waals surface area contributed by atoms with Gasteiger partial charge in [0.25, 0.3) is 0 Å². The molecule has 0 aliphatic heterocycles. The van der Waals surface area contributed by atoms with Crippen molar-refractivity contribution in [3.63, 3.8) is 0 Å². The average Bonchev–Trinajstić information content (AvgIpc) is 2.26. The van der Waals surface area contributed by atoms with E-state index in [9.17, 15) is 4.79 Å². The smallest absolute Gasteiger partial charge is 0.322 e. The third-order valence-corrected chi connectivity index (χ3v) is 2.60. The van der Waals surface area contributed by atoms with E-state index in [4.69, 9.17) is 10.5 Å². The number of esters is 1. The van der Waals surface area contributed by atoms with E-state index in [-0.39, 0.29) is 0 Å². The van der Waals surface area contributed by atoms with Crippen molar-refractivity contribution < 1.29 is 14.3 Å². The number of benzene rings is 1. The number of methoxy groups -OCH3 is 1. The van der Waals surface area contributed by atoms with Crippen LogP contribution in [0.15, 0.2) is 24.3 Å². The number of carbonyl (C=O) groups excluding carboxylic acids is 1. The molecule has 0 saturated heterocycles. The fourth-order valence-corrected chi connectivity index (χ4v) is 1.80. The highest BCUT2D eigenvalue weighted by Gasteiger charge is 2.27. The van der Waals surface area contributed by atoms with Crippen molar-refractivity contribution in [3.8, 4) is 5.75 Å². The Morgan fingerprint density at radius 2 is 2.11 bits per heavy atom. The van der Waals surface area contributed by atoms with Gasteiger partial charge < -0.3 is 15.2 Å². The number of hydrogen-bond acceptors (Lipinski definition) is 4.